The van der Waals surface area contributed by atoms with E-state index in [2.05, 4.69) is 6.92 Å². The summed E-state index contributed by atoms with van der Waals surface area (Å²) >= 11 is 0. The average Bonchev–Trinajstić information content (AvgIpc) is 2.62. The molecule has 1 aromatic rings. The largest absolute Gasteiger partial charge is 0.399 e. The minimum Gasteiger partial charge on any atom is -0.399 e. The molecule has 2 N–H and O–H groups in total. The van der Waals surface area contributed by atoms with Crippen molar-refractivity contribution in [2.24, 2.45) is 0 Å². The highest BCUT2D eigenvalue weighted by Crippen LogP contribution is 2.31. The SMILES string of the molecule is CCCCCCCCN1C(=O)c2cc(N)ccc2S1(=O)=O. The van der Waals surface area contributed by atoms with Gasteiger partial charge in [-0.15, -0.1) is 0 Å². The molecule has 1 aromatic carbocycles. The van der Waals surface area contributed by atoms with Crippen molar-refractivity contribution in [1.82, 2.24) is 4.31 Å². The van der Waals surface area contributed by atoms with Crippen LogP contribution in [-0.2, 0) is 10.0 Å². The number of hydrogen-bond donors (Lipinski definition) is 1. The molecule has 0 aliphatic carbocycles. The first-order chi connectivity index (χ1) is 9.98. The second-order valence-electron chi connectivity index (χ2n) is 5.41. The Morgan fingerprint density at radius 1 is 1.10 bits per heavy atom. The van der Waals surface area contributed by atoms with E-state index < -0.39 is 15.9 Å². The molecule has 0 atom stereocenters. The highest BCUT2D eigenvalue weighted by Gasteiger charge is 2.40. The van der Waals surface area contributed by atoms with Gasteiger partial charge in [0.25, 0.3) is 15.9 Å². The molecule has 116 valence electrons. The van der Waals surface area contributed by atoms with Crippen LogP contribution in [0, 0.1) is 0 Å². The highest BCUT2D eigenvalue weighted by molar-refractivity contribution is 7.90. The molecule has 1 aliphatic rings. The third-order valence-electron chi connectivity index (χ3n) is 3.74. The van der Waals surface area contributed by atoms with Gasteiger partial charge in [-0.1, -0.05) is 39.0 Å². The quantitative estimate of drug-likeness (QED) is 0.620. The lowest BCUT2D eigenvalue weighted by Gasteiger charge is -2.14. The van der Waals surface area contributed by atoms with Crippen LogP contribution in [0.5, 0.6) is 0 Å². The maximum absolute atomic E-state index is 12.3. The Bertz CT molecular complexity index is 626. The fourth-order valence-electron chi connectivity index (χ4n) is 2.56. The van der Waals surface area contributed by atoms with E-state index >= 15 is 0 Å². The van der Waals surface area contributed by atoms with E-state index in [1.807, 2.05) is 0 Å². The molecule has 6 heteroatoms. The van der Waals surface area contributed by atoms with Crippen molar-refractivity contribution < 1.29 is 13.2 Å². The predicted octanol–water partition coefficient (Wildman–Crippen LogP) is 2.77. The summed E-state index contributed by atoms with van der Waals surface area (Å²) < 4.78 is 25.7. The molecule has 0 unspecified atom stereocenters. The Labute approximate surface area is 126 Å². The number of carbonyl (C=O) groups excluding carboxylic acids is 1. The van der Waals surface area contributed by atoms with E-state index in [9.17, 15) is 13.2 Å². The van der Waals surface area contributed by atoms with Crippen molar-refractivity contribution in [2.45, 2.75) is 50.3 Å². The van der Waals surface area contributed by atoms with Crippen LogP contribution in [0.25, 0.3) is 0 Å². The molecule has 0 saturated carbocycles. The molecular weight excluding hydrogens is 288 g/mol. The lowest BCUT2D eigenvalue weighted by atomic mass is 10.1. The molecule has 2 rings (SSSR count). The lowest BCUT2D eigenvalue weighted by Crippen LogP contribution is -2.30. The van der Waals surface area contributed by atoms with Crippen LogP contribution in [0.15, 0.2) is 23.1 Å². The zero-order chi connectivity index (χ0) is 15.5. The number of fused-ring (bicyclic) bond motifs is 1. The molecule has 0 aromatic heterocycles. The fourth-order valence-corrected chi connectivity index (χ4v) is 4.15. The number of nitrogens with zero attached hydrogens (tertiary/aromatic N) is 1. The van der Waals surface area contributed by atoms with Crippen LogP contribution in [0.1, 0.15) is 55.8 Å². The molecule has 0 radical (unpaired) electrons. The summed E-state index contributed by atoms with van der Waals surface area (Å²) in [6, 6.07) is 4.37. The van der Waals surface area contributed by atoms with Crippen LogP contribution >= 0.6 is 0 Å². The number of rotatable bonds is 7. The molecule has 5 nitrogen and oxygen atoms in total. The average molecular weight is 310 g/mol. The van der Waals surface area contributed by atoms with Crippen LogP contribution in [0.4, 0.5) is 5.69 Å². The van der Waals surface area contributed by atoms with E-state index in [1.165, 1.54) is 31.0 Å². The molecule has 0 spiro atoms. The minimum absolute atomic E-state index is 0.0766. The van der Waals surface area contributed by atoms with Gasteiger partial charge in [0.1, 0.15) is 4.90 Å². The van der Waals surface area contributed by atoms with Crippen LogP contribution in [-0.4, -0.2) is 25.2 Å². The van der Waals surface area contributed by atoms with Crippen molar-refractivity contribution in [2.75, 3.05) is 12.3 Å². The molecule has 0 saturated heterocycles. The van der Waals surface area contributed by atoms with Crippen molar-refractivity contribution >= 4 is 21.6 Å². The fraction of sp³-hybridized carbons (Fsp3) is 0.533. The van der Waals surface area contributed by atoms with Crippen molar-refractivity contribution in [3.8, 4) is 0 Å². The second kappa shape index (κ2) is 6.47. The number of anilines is 1. The summed E-state index contributed by atoms with van der Waals surface area (Å²) in [6.45, 7) is 2.40. The number of unbranched alkanes of at least 4 members (excludes halogenated alkanes) is 5. The van der Waals surface area contributed by atoms with E-state index in [4.69, 9.17) is 5.73 Å². The molecule has 1 heterocycles. The van der Waals surface area contributed by atoms with Gasteiger partial charge in [0.15, 0.2) is 0 Å². The molecule has 0 bridgehead atoms. The summed E-state index contributed by atoms with van der Waals surface area (Å²) in [4.78, 5) is 12.3. The third kappa shape index (κ3) is 3.20. The zero-order valence-corrected chi connectivity index (χ0v) is 13.2. The summed E-state index contributed by atoms with van der Waals surface area (Å²) in [5.74, 6) is -0.453. The molecule has 0 fully saturated rings. The number of benzene rings is 1. The van der Waals surface area contributed by atoms with Gasteiger partial charge >= 0.3 is 0 Å². The van der Waals surface area contributed by atoms with Crippen molar-refractivity contribution in [1.29, 1.82) is 0 Å². The van der Waals surface area contributed by atoms with Gasteiger partial charge in [0, 0.05) is 12.2 Å². The second-order valence-corrected chi connectivity index (χ2v) is 7.24. The van der Waals surface area contributed by atoms with E-state index in [-0.39, 0.29) is 17.0 Å². The number of nitrogens with two attached hydrogens (primary N) is 1. The number of sulfonamides is 1. The first-order valence-corrected chi connectivity index (χ1v) is 8.89. The van der Waals surface area contributed by atoms with E-state index in [0.717, 1.165) is 23.6 Å². The van der Waals surface area contributed by atoms with Gasteiger partial charge in [-0.25, -0.2) is 12.7 Å². The maximum Gasteiger partial charge on any atom is 0.269 e. The predicted molar refractivity (Wildman–Crippen MR) is 82.5 cm³/mol. The van der Waals surface area contributed by atoms with Crippen LogP contribution < -0.4 is 5.73 Å². The van der Waals surface area contributed by atoms with Crippen LogP contribution in [0.3, 0.4) is 0 Å². The number of hydrogen-bond acceptors (Lipinski definition) is 4. The first-order valence-electron chi connectivity index (χ1n) is 7.45. The monoisotopic (exact) mass is 310 g/mol. The Morgan fingerprint density at radius 3 is 2.48 bits per heavy atom. The molecular formula is C15H22N2O3S. The Balaban J connectivity index is 2.01. The molecule has 21 heavy (non-hydrogen) atoms. The molecule has 1 aliphatic heterocycles. The van der Waals surface area contributed by atoms with Gasteiger partial charge in [0.05, 0.1) is 5.56 Å². The summed E-state index contributed by atoms with van der Waals surface area (Å²) in [6.07, 6.45) is 6.26. The normalized spacial score (nSPS) is 16.2. The van der Waals surface area contributed by atoms with E-state index in [0.29, 0.717) is 12.1 Å². The van der Waals surface area contributed by atoms with Gasteiger partial charge in [0.2, 0.25) is 0 Å². The lowest BCUT2D eigenvalue weighted by molar-refractivity contribution is 0.0869. The summed E-state index contributed by atoms with van der Waals surface area (Å²) in [5, 5.41) is 0. The molecule has 1 amide bonds. The maximum atomic E-state index is 12.3. The number of amides is 1. The Hall–Kier alpha value is -1.56. The van der Waals surface area contributed by atoms with Crippen molar-refractivity contribution in [3.63, 3.8) is 0 Å². The third-order valence-corrected chi connectivity index (χ3v) is 5.58. The first kappa shape index (κ1) is 15.8. The van der Waals surface area contributed by atoms with Crippen molar-refractivity contribution in [3.05, 3.63) is 23.8 Å². The smallest absolute Gasteiger partial charge is 0.269 e. The number of carbonyl (C=O) groups is 1. The topological polar surface area (TPSA) is 80.5 Å². The van der Waals surface area contributed by atoms with Crippen LogP contribution in [0.2, 0.25) is 0 Å². The highest BCUT2D eigenvalue weighted by atomic mass is 32.2. The summed E-state index contributed by atoms with van der Waals surface area (Å²) in [7, 11) is -3.68. The number of nitrogen functional groups attached to an aromatic ring is 1. The van der Waals surface area contributed by atoms with Gasteiger partial charge in [-0.2, -0.15) is 0 Å². The van der Waals surface area contributed by atoms with Gasteiger partial charge in [-0.05, 0) is 24.6 Å². The summed E-state index contributed by atoms with van der Waals surface area (Å²) in [5.41, 5.74) is 6.23. The van der Waals surface area contributed by atoms with Gasteiger partial charge < -0.3 is 5.73 Å². The zero-order valence-electron chi connectivity index (χ0n) is 12.3. The van der Waals surface area contributed by atoms with Gasteiger partial charge in [-0.3, -0.25) is 4.79 Å². The minimum atomic E-state index is -3.68. The Kier molecular flexibility index (Phi) is 4.88. The van der Waals surface area contributed by atoms with E-state index in [1.54, 1.807) is 0 Å². The Morgan fingerprint density at radius 2 is 1.76 bits per heavy atom. The standard InChI is InChI=1S/C15H22N2O3S/c1-2-3-4-5-6-7-10-17-15(18)13-11-12(16)8-9-14(13)21(17,19)20/h8-9,11H,2-7,10,16H2,1H3.